The number of likely N-dealkylation sites (N-methyl/N-ethyl adjacent to an activating group) is 1. The van der Waals surface area contributed by atoms with Gasteiger partial charge in [-0.3, -0.25) is 9.78 Å². The van der Waals surface area contributed by atoms with E-state index in [0.29, 0.717) is 23.5 Å². The van der Waals surface area contributed by atoms with Crippen LogP contribution in [0.4, 0.5) is 11.6 Å². The molecule has 0 saturated carbocycles. The summed E-state index contributed by atoms with van der Waals surface area (Å²) >= 11 is 0. The maximum absolute atomic E-state index is 12.3. The van der Waals surface area contributed by atoms with Crippen LogP contribution in [0, 0.1) is 0 Å². The smallest absolute Gasteiger partial charge is 0.263 e. The minimum atomic E-state index is -0.208. The van der Waals surface area contributed by atoms with Gasteiger partial charge in [0.05, 0.1) is 12.7 Å². The summed E-state index contributed by atoms with van der Waals surface area (Å²) < 4.78 is 1.66. The number of hydrogen-bond donors (Lipinski definition) is 2. The van der Waals surface area contributed by atoms with Gasteiger partial charge in [0.1, 0.15) is 5.39 Å². The standard InChI is InChI=1S/C18H20N6O/c1-3-7-24-16-15(10-19-24)17(25)22-18(21-16)20-14-5-4-12-6-8-23(2)11-13(12)9-14/h3-5,9-10H,1,6-8,11H2,2H3,(H2,20,21,22,25). The largest absolute Gasteiger partial charge is 0.326 e. The molecule has 0 atom stereocenters. The van der Waals surface area contributed by atoms with Gasteiger partial charge in [-0.25, -0.2) is 4.68 Å². The van der Waals surface area contributed by atoms with Crippen LogP contribution in [0.15, 0.2) is 41.8 Å². The molecule has 1 aromatic carbocycles. The maximum Gasteiger partial charge on any atom is 0.263 e. The highest BCUT2D eigenvalue weighted by Crippen LogP contribution is 2.23. The monoisotopic (exact) mass is 336 g/mol. The number of fused-ring (bicyclic) bond motifs is 2. The number of anilines is 2. The number of rotatable bonds is 4. The van der Waals surface area contributed by atoms with Crippen LogP contribution in [-0.2, 0) is 19.5 Å². The highest BCUT2D eigenvalue weighted by atomic mass is 16.1. The van der Waals surface area contributed by atoms with E-state index in [9.17, 15) is 4.79 Å². The van der Waals surface area contributed by atoms with Crippen molar-refractivity contribution in [3.8, 4) is 0 Å². The zero-order valence-corrected chi connectivity index (χ0v) is 14.1. The van der Waals surface area contributed by atoms with E-state index in [1.54, 1.807) is 10.8 Å². The number of nitrogens with zero attached hydrogens (tertiary/aromatic N) is 4. The van der Waals surface area contributed by atoms with Crippen molar-refractivity contribution in [2.75, 3.05) is 18.9 Å². The highest BCUT2D eigenvalue weighted by Gasteiger charge is 2.14. The fourth-order valence-corrected chi connectivity index (χ4v) is 3.19. The van der Waals surface area contributed by atoms with E-state index in [0.717, 1.165) is 25.2 Å². The fraction of sp³-hybridized carbons (Fsp3) is 0.278. The van der Waals surface area contributed by atoms with Gasteiger partial charge in [0.2, 0.25) is 5.95 Å². The summed E-state index contributed by atoms with van der Waals surface area (Å²) in [5.74, 6) is 0.410. The molecule has 0 radical (unpaired) electrons. The molecule has 0 aliphatic carbocycles. The first-order valence-corrected chi connectivity index (χ1v) is 8.28. The van der Waals surface area contributed by atoms with E-state index in [-0.39, 0.29) is 5.56 Å². The molecule has 0 saturated heterocycles. The second kappa shape index (κ2) is 6.18. The van der Waals surface area contributed by atoms with Gasteiger partial charge >= 0.3 is 0 Å². The van der Waals surface area contributed by atoms with Crippen LogP contribution in [-0.4, -0.2) is 38.2 Å². The molecule has 2 N–H and O–H groups in total. The van der Waals surface area contributed by atoms with Gasteiger partial charge in [0.15, 0.2) is 5.65 Å². The molecule has 0 unspecified atom stereocenters. The first-order valence-electron chi connectivity index (χ1n) is 8.28. The molecule has 0 bridgehead atoms. The van der Waals surface area contributed by atoms with E-state index in [1.807, 2.05) is 6.07 Å². The van der Waals surface area contributed by atoms with E-state index in [4.69, 9.17) is 0 Å². The Hall–Kier alpha value is -2.93. The predicted molar refractivity (Wildman–Crippen MR) is 98.1 cm³/mol. The molecule has 3 heterocycles. The summed E-state index contributed by atoms with van der Waals surface area (Å²) in [6, 6.07) is 6.29. The molecule has 128 valence electrons. The minimum absolute atomic E-state index is 0.208. The number of allylic oxidation sites excluding steroid dienone is 1. The van der Waals surface area contributed by atoms with Crippen LogP contribution < -0.4 is 10.9 Å². The van der Waals surface area contributed by atoms with E-state index < -0.39 is 0 Å². The van der Waals surface area contributed by atoms with Gasteiger partial charge in [0, 0.05) is 18.8 Å². The summed E-state index contributed by atoms with van der Waals surface area (Å²) in [6.45, 7) is 6.22. The summed E-state index contributed by atoms with van der Waals surface area (Å²) in [4.78, 5) is 21.8. The molecule has 7 nitrogen and oxygen atoms in total. The van der Waals surface area contributed by atoms with Crippen LogP contribution in [0.1, 0.15) is 11.1 Å². The lowest BCUT2D eigenvalue weighted by atomic mass is 9.99. The number of nitrogens with one attached hydrogen (secondary N) is 2. The lowest BCUT2D eigenvalue weighted by Gasteiger charge is -2.25. The van der Waals surface area contributed by atoms with Gasteiger partial charge in [-0.1, -0.05) is 12.1 Å². The Kier molecular flexibility index (Phi) is 3.85. The number of benzene rings is 1. The van der Waals surface area contributed by atoms with Crippen molar-refractivity contribution in [1.82, 2.24) is 24.6 Å². The average molecular weight is 336 g/mol. The third-order valence-corrected chi connectivity index (χ3v) is 4.48. The molecule has 3 aromatic rings. The van der Waals surface area contributed by atoms with Crippen molar-refractivity contribution in [3.05, 3.63) is 58.5 Å². The molecular weight excluding hydrogens is 316 g/mol. The topological polar surface area (TPSA) is 78.8 Å². The Labute approximate surface area is 145 Å². The first kappa shape index (κ1) is 15.6. The van der Waals surface area contributed by atoms with Crippen LogP contribution in [0.2, 0.25) is 0 Å². The highest BCUT2D eigenvalue weighted by molar-refractivity contribution is 5.75. The lowest BCUT2D eigenvalue weighted by molar-refractivity contribution is 0.313. The van der Waals surface area contributed by atoms with Gasteiger partial charge < -0.3 is 10.2 Å². The normalized spacial score (nSPS) is 14.4. The van der Waals surface area contributed by atoms with Gasteiger partial charge in [-0.15, -0.1) is 6.58 Å². The van der Waals surface area contributed by atoms with E-state index >= 15 is 0 Å². The van der Waals surface area contributed by atoms with Gasteiger partial charge in [-0.05, 0) is 36.7 Å². The molecule has 4 rings (SSSR count). The molecule has 7 heteroatoms. The van der Waals surface area contributed by atoms with Crippen molar-refractivity contribution >= 4 is 22.7 Å². The van der Waals surface area contributed by atoms with Crippen molar-refractivity contribution < 1.29 is 0 Å². The molecule has 25 heavy (non-hydrogen) atoms. The number of H-pyrrole nitrogens is 1. The summed E-state index contributed by atoms with van der Waals surface area (Å²) in [5.41, 5.74) is 3.93. The molecule has 0 spiro atoms. The Bertz CT molecular complexity index is 1000. The summed E-state index contributed by atoms with van der Waals surface area (Å²) in [7, 11) is 2.12. The van der Waals surface area contributed by atoms with Crippen molar-refractivity contribution in [2.24, 2.45) is 0 Å². The Morgan fingerprint density at radius 2 is 2.28 bits per heavy atom. The molecule has 0 amide bonds. The zero-order valence-electron chi connectivity index (χ0n) is 14.1. The van der Waals surface area contributed by atoms with Crippen LogP contribution in [0.5, 0.6) is 0 Å². The number of hydrogen-bond acceptors (Lipinski definition) is 5. The van der Waals surface area contributed by atoms with Crippen molar-refractivity contribution in [1.29, 1.82) is 0 Å². The Morgan fingerprint density at radius 1 is 1.40 bits per heavy atom. The lowest BCUT2D eigenvalue weighted by Crippen LogP contribution is -2.26. The Morgan fingerprint density at radius 3 is 3.12 bits per heavy atom. The van der Waals surface area contributed by atoms with Crippen LogP contribution >= 0.6 is 0 Å². The van der Waals surface area contributed by atoms with E-state index in [2.05, 4.69) is 51.0 Å². The molecule has 2 aromatic heterocycles. The summed E-state index contributed by atoms with van der Waals surface area (Å²) in [6.07, 6.45) is 4.32. The van der Waals surface area contributed by atoms with Crippen molar-refractivity contribution in [3.63, 3.8) is 0 Å². The van der Waals surface area contributed by atoms with E-state index in [1.165, 1.54) is 17.3 Å². The van der Waals surface area contributed by atoms with Gasteiger partial charge in [-0.2, -0.15) is 10.1 Å². The zero-order chi connectivity index (χ0) is 17.4. The Balaban J connectivity index is 1.69. The third kappa shape index (κ3) is 2.94. The fourth-order valence-electron chi connectivity index (χ4n) is 3.19. The first-order chi connectivity index (χ1) is 12.1. The quantitative estimate of drug-likeness (QED) is 0.713. The van der Waals surface area contributed by atoms with Crippen LogP contribution in [0.25, 0.3) is 11.0 Å². The SMILES string of the molecule is C=CCn1ncc2c(=O)[nH]c(Nc3ccc4c(c3)CN(C)CC4)nc21. The summed E-state index contributed by atoms with van der Waals surface area (Å²) in [5, 5.41) is 7.87. The molecule has 0 fully saturated rings. The number of aromatic nitrogens is 4. The second-order valence-electron chi connectivity index (χ2n) is 6.36. The van der Waals surface area contributed by atoms with Crippen LogP contribution in [0.3, 0.4) is 0 Å². The third-order valence-electron chi connectivity index (χ3n) is 4.48. The molecule has 1 aliphatic rings. The predicted octanol–water partition coefficient (Wildman–Crippen LogP) is 2.04. The minimum Gasteiger partial charge on any atom is -0.326 e. The molecular formula is C18H20N6O. The molecule has 1 aliphatic heterocycles. The maximum atomic E-state index is 12.3. The van der Waals surface area contributed by atoms with Gasteiger partial charge in [0.25, 0.3) is 5.56 Å². The van der Waals surface area contributed by atoms with Crippen molar-refractivity contribution in [2.45, 2.75) is 19.5 Å². The average Bonchev–Trinajstić information content (AvgIpc) is 2.98. The second-order valence-corrected chi connectivity index (χ2v) is 6.36. The number of aromatic amines is 1.